The summed E-state index contributed by atoms with van der Waals surface area (Å²) in [4.78, 5) is 23.9. The van der Waals surface area contributed by atoms with E-state index in [0.717, 1.165) is 41.5 Å². The Labute approximate surface area is 180 Å². The van der Waals surface area contributed by atoms with Crippen molar-refractivity contribution >= 4 is 23.7 Å². The Balaban J connectivity index is 1.58. The average Bonchev–Trinajstić information content (AvgIpc) is 3.43. The fraction of sp³-hybridized carbons (Fsp3) is 0.500. The molecule has 9 nitrogen and oxygen atoms in total. The van der Waals surface area contributed by atoms with Gasteiger partial charge in [0.15, 0.2) is 5.82 Å². The Hall–Kier alpha value is -2.75. The molecule has 0 bridgehead atoms. The number of carbonyl (C=O) groups excluding carboxylic acids is 2. The number of thioether (sulfide) groups is 1. The summed E-state index contributed by atoms with van der Waals surface area (Å²) in [6, 6.07) is 5.81. The van der Waals surface area contributed by atoms with Crippen LogP contribution < -0.4 is 21.2 Å². The first kappa shape index (κ1) is 21.9. The van der Waals surface area contributed by atoms with Crippen molar-refractivity contribution in [2.24, 2.45) is 0 Å². The topological polar surface area (TPSA) is 124 Å². The van der Waals surface area contributed by atoms with Gasteiger partial charge in [-0.05, 0) is 49.8 Å². The van der Waals surface area contributed by atoms with E-state index in [1.807, 2.05) is 13.0 Å². The molecule has 0 spiro atoms. The molecule has 0 radical (unpaired) electrons. The third-order valence-corrected chi connectivity index (χ3v) is 5.74. The largest absolute Gasteiger partial charge is 0.485 e. The molecule has 1 aliphatic carbocycles. The van der Waals surface area contributed by atoms with Crippen LogP contribution in [0.15, 0.2) is 23.4 Å². The molecule has 1 atom stereocenters. The molecule has 1 aromatic heterocycles. The summed E-state index contributed by atoms with van der Waals surface area (Å²) >= 11 is 1.12. The standard InChI is InChI=1S/C20H28N6O3S/c1-11(2)15-8-5-12(3)9-16(15)29-10-17-24-25-20(26(17)21)30-13(4)18(27)23-19(28)22-14-6-7-14/h5,8-9,11,13-14H,6-7,10,21H2,1-4H3,(H2,22,23,27,28). The van der Waals surface area contributed by atoms with Crippen molar-refractivity contribution in [3.8, 4) is 5.75 Å². The second-order valence-corrected chi connectivity index (χ2v) is 9.06. The maximum Gasteiger partial charge on any atom is 0.321 e. The van der Waals surface area contributed by atoms with Gasteiger partial charge in [0.05, 0.1) is 5.25 Å². The third-order valence-electron chi connectivity index (χ3n) is 4.68. The summed E-state index contributed by atoms with van der Waals surface area (Å²) in [7, 11) is 0. The maximum atomic E-state index is 12.2. The minimum atomic E-state index is -0.570. The molecule has 0 aliphatic heterocycles. The Morgan fingerprint density at radius 1 is 1.30 bits per heavy atom. The summed E-state index contributed by atoms with van der Waals surface area (Å²) in [5.74, 6) is 7.23. The molecule has 3 amide bonds. The van der Waals surface area contributed by atoms with Crippen LogP contribution in [0.3, 0.4) is 0 Å². The molecule has 1 fully saturated rings. The van der Waals surface area contributed by atoms with E-state index in [-0.39, 0.29) is 12.6 Å². The van der Waals surface area contributed by atoms with Gasteiger partial charge in [0.2, 0.25) is 11.1 Å². The van der Waals surface area contributed by atoms with Crippen LogP contribution >= 0.6 is 11.8 Å². The third kappa shape index (κ3) is 5.65. The van der Waals surface area contributed by atoms with Crippen LogP contribution in [0.4, 0.5) is 4.79 Å². The van der Waals surface area contributed by atoms with E-state index in [1.54, 1.807) is 6.92 Å². The molecule has 2 aromatic rings. The first-order valence-corrected chi connectivity index (χ1v) is 10.8. The highest BCUT2D eigenvalue weighted by Crippen LogP contribution is 2.28. The number of urea groups is 1. The second kappa shape index (κ2) is 9.38. The van der Waals surface area contributed by atoms with Crippen LogP contribution in [0.25, 0.3) is 0 Å². The van der Waals surface area contributed by atoms with Crippen molar-refractivity contribution in [3.05, 3.63) is 35.2 Å². The van der Waals surface area contributed by atoms with Gasteiger partial charge in [0.25, 0.3) is 0 Å². The van der Waals surface area contributed by atoms with Gasteiger partial charge in [-0.2, -0.15) is 0 Å². The van der Waals surface area contributed by atoms with E-state index >= 15 is 0 Å². The molecule has 1 aromatic carbocycles. The zero-order chi connectivity index (χ0) is 21.8. The van der Waals surface area contributed by atoms with Crippen molar-refractivity contribution in [3.63, 3.8) is 0 Å². The van der Waals surface area contributed by atoms with E-state index in [0.29, 0.717) is 16.9 Å². The molecule has 4 N–H and O–H groups in total. The lowest BCUT2D eigenvalue weighted by Gasteiger charge is -2.15. The van der Waals surface area contributed by atoms with Crippen LogP contribution in [0.1, 0.15) is 56.5 Å². The van der Waals surface area contributed by atoms with Crippen molar-refractivity contribution in [1.29, 1.82) is 0 Å². The summed E-state index contributed by atoms with van der Waals surface area (Å²) in [5, 5.41) is 13.0. The molecule has 1 aliphatic rings. The number of nitrogens with one attached hydrogen (secondary N) is 2. The Bertz CT molecular complexity index is 925. The minimum Gasteiger partial charge on any atom is -0.485 e. The predicted octanol–water partition coefficient (Wildman–Crippen LogP) is 2.47. The van der Waals surface area contributed by atoms with Gasteiger partial charge in [0.1, 0.15) is 12.4 Å². The fourth-order valence-corrected chi connectivity index (χ4v) is 3.54. The van der Waals surface area contributed by atoms with Crippen LogP contribution in [0, 0.1) is 6.92 Å². The van der Waals surface area contributed by atoms with E-state index < -0.39 is 17.2 Å². The molecular weight excluding hydrogens is 404 g/mol. The fourth-order valence-electron chi connectivity index (χ4n) is 2.75. The first-order chi connectivity index (χ1) is 14.2. The Kier molecular flexibility index (Phi) is 6.86. The van der Waals surface area contributed by atoms with Gasteiger partial charge in [-0.15, -0.1) is 10.2 Å². The molecule has 1 heterocycles. The van der Waals surface area contributed by atoms with Crippen molar-refractivity contribution in [2.45, 2.75) is 69.5 Å². The number of hydrogen-bond acceptors (Lipinski definition) is 7. The number of amides is 3. The van der Waals surface area contributed by atoms with E-state index in [9.17, 15) is 9.59 Å². The first-order valence-electron chi connectivity index (χ1n) is 9.95. The molecule has 0 saturated heterocycles. The molecule has 10 heteroatoms. The summed E-state index contributed by atoms with van der Waals surface area (Å²) in [6.07, 6.45) is 1.91. The quantitative estimate of drug-likeness (QED) is 0.432. The molecule has 3 rings (SSSR count). The lowest BCUT2D eigenvalue weighted by molar-refractivity contribution is -0.119. The van der Waals surface area contributed by atoms with E-state index in [1.165, 1.54) is 4.68 Å². The number of rotatable bonds is 8. The van der Waals surface area contributed by atoms with Gasteiger partial charge in [-0.25, -0.2) is 9.47 Å². The normalized spacial score (nSPS) is 14.4. The molecular formula is C20H28N6O3S. The number of aryl methyl sites for hydroxylation is 1. The van der Waals surface area contributed by atoms with E-state index in [4.69, 9.17) is 10.6 Å². The smallest absolute Gasteiger partial charge is 0.321 e. The van der Waals surface area contributed by atoms with Gasteiger partial charge < -0.3 is 15.9 Å². The zero-order valence-corrected chi connectivity index (χ0v) is 18.5. The predicted molar refractivity (Wildman–Crippen MR) is 115 cm³/mol. The van der Waals surface area contributed by atoms with Gasteiger partial charge in [-0.3, -0.25) is 10.1 Å². The number of nitrogens with two attached hydrogens (primary N) is 1. The van der Waals surface area contributed by atoms with Crippen molar-refractivity contribution in [2.75, 3.05) is 5.84 Å². The number of ether oxygens (including phenoxy) is 1. The van der Waals surface area contributed by atoms with Gasteiger partial charge in [0, 0.05) is 6.04 Å². The number of carbonyl (C=O) groups is 2. The Morgan fingerprint density at radius 2 is 2.03 bits per heavy atom. The average molecular weight is 433 g/mol. The Morgan fingerprint density at radius 3 is 2.70 bits per heavy atom. The maximum absolute atomic E-state index is 12.2. The minimum absolute atomic E-state index is 0.150. The summed E-state index contributed by atoms with van der Waals surface area (Å²) < 4.78 is 7.27. The number of benzene rings is 1. The van der Waals surface area contributed by atoms with Gasteiger partial charge in [-0.1, -0.05) is 37.7 Å². The zero-order valence-electron chi connectivity index (χ0n) is 17.6. The van der Waals surface area contributed by atoms with Crippen LogP contribution in [-0.2, 0) is 11.4 Å². The molecule has 1 saturated carbocycles. The monoisotopic (exact) mass is 432 g/mol. The number of nitrogens with zero attached hydrogens (tertiary/aromatic N) is 3. The summed E-state index contributed by atoms with van der Waals surface area (Å²) in [6.45, 7) is 8.05. The van der Waals surface area contributed by atoms with Crippen LogP contribution in [0.2, 0.25) is 0 Å². The van der Waals surface area contributed by atoms with Crippen LogP contribution in [0.5, 0.6) is 5.75 Å². The highest BCUT2D eigenvalue weighted by atomic mass is 32.2. The van der Waals surface area contributed by atoms with E-state index in [2.05, 4.69) is 46.8 Å². The highest BCUT2D eigenvalue weighted by molar-refractivity contribution is 8.00. The lowest BCUT2D eigenvalue weighted by Crippen LogP contribution is -2.43. The number of hydrogen-bond donors (Lipinski definition) is 3. The number of nitrogen functional groups attached to an aromatic ring is 1. The van der Waals surface area contributed by atoms with Crippen molar-refractivity contribution < 1.29 is 14.3 Å². The highest BCUT2D eigenvalue weighted by Gasteiger charge is 2.26. The van der Waals surface area contributed by atoms with Crippen LogP contribution in [-0.4, -0.2) is 38.1 Å². The van der Waals surface area contributed by atoms with Crippen molar-refractivity contribution in [1.82, 2.24) is 25.5 Å². The lowest BCUT2D eigenvalue weighted by atomic mass is 10.0. The number of aromatic nitrogens is 3. The molecule has 1 unspecified atom stereocenters. The second-order valence-electron chi connectivity index (χ2n) is 7.75. The number of imide groups is 1. The molecule has 30 heavy (non-hydrogen) atoms. The molecule has 162 valence electrons. The SMILES string of the molecule is Cc1ccc(C(C)C)c(OCc2nnc(SC(C)C(=O)NC(=O)NC3CC3)n2N)c1. The van der Waals surface area contributed by atoms with Gasteiger partial charge >= 0.3 is 6.03 Å². The summed E-state index contributed by atoms with van der Waals surface area (Å²) in [5.41, 5.74) is 2.21.